The molecule has 2 aromatic rings. The molecule has 0 fully saturated rings. The molecular formula is C18H26F2N6S. The molecule has 2 rings (SSSR count). The molecule has 0 aliphatic carbocycles. The average molecular weight is 397 g/mol. The highest BCUT2D eigenvalue weighted by molar-refractivity contribution is 7.98. The first kappa shape index (κ1) is 21.1. The van der Waals surface area contributed by atoms with Crippen molar-refractivity contribution in [2.24, 2.45) is 12.0 Å². The standard InChI is InChI=1S/C18H26F2N6S/c1-13-24-25-17(26(13)2)12-23-18(21-8-4-10-27-3)22-9-7-14-11-15(19)5-6-16(14)20/h5-6,11H,4,7-10,12H2,1-3H3,(H2,21,22,23). The van der Waals surface area contributed by atoms with Crippen LogP contribution in [0.4, 0.5) is 8.78 Å². The zero-order chi connectivity index (χ0) is 19.6. The fourth-order valence-electron chi connectivity index (χ4n) is 2.39. The summed E-state index contributed by atoms with van der Waals surface area (Å²) in [5, 5.41) is 14.6. The van der Waals surface area contributed by atoms with Crippen molar-refractivity contribution < 1.29 is 8.78 Å². The topological polar surface area (TPSA) is 67.1 Å². The summed E-state index contributed by atoms with van der Waals surface area (Å²) in [6, 6.07) is 3.49. The summed E-state index contributed by atoms with van der Waals surface area (Å²) in [5.74, 6) is 2.41. The van der Waals surface area contributed by atoms with Crippen LogP contribution in [0.1, 0.15) is 23.6 Å². The summed E-state index contributed by atoms with van der Waals surface area (Å²) < 4.78 is 28.9. The predicted octanol–water partition coefficient (Wildman–Crippen LogP) is 2.43. The van der Waals surface area contributed by atoms with Crippen LogP contribution in [0.5, 0.6) is 0 Å². The van der Waals surface area contributed by atoms with Gasteiger partial charge in [0.05, 0.1) is 0 Å². The molecule has 1 heterocycles. The zero-order valence-electron chi connectivity index (χ0n) is 15.9. The van der Waals surface area contributed by atoms with Crippen LogP contribution in [0.2, 0.25) is 0 Å². The molecule has 0 aliphatic rings. The number of rotatable bonds is 9. The maximum Gasteiger partial charge on any atom is 0.191 e. The molecule has 0 atom stereocenters. The summed E-state index contributed by atoms with van der Waals surface area (Å²) in [7, 11) is 1.89. The highest BCUT2D eigenvalue weighted by Gasteiger charge is 2.07. The third-order valence-corrected chi connectivity index (χ3v) is 4.77. The molecule has 0 spiro atoms. The predicted molar refractivity (Wildman–Crippen MR) is 106 cm³/mol. The quantitative estimate of drug-likeness (QED) is 0.387. The van der Waals surface area contributed by atoms with Crippen LogP contribution in [-0.2, 0) is 20.0 Å². The second-order valence-electron chi connectivity index (χ2n) is 6.07. The van der Waals surface area contributed by atoms with Crippen LogP contribution < -0.4 is 10.6 Å². The number of aryl methyl sites for hydroxylation is 1. The Morgan fingerprint density at radius 1 is 1.22 bits per heavy atom. The average Bonchev–Trinajstić information content (AvgIpc) is 2.97. The Bertz CT molecular complexity index is 762. The van der Waals surface area contributed by atoms with Crippen molar-refractivity contribution in [1.82, 2.24) is 25.4 Å². The molecule has 0 unspecified atom stereocenters. The molecule has 6 nitrogen and oxygen atoms in total. The van der Waals surface area contributed by atoms with Crippen molar-refractivity contribution >= 4 is 17.7 Å². The van der Waals surface area contributed by atoms with E-state index in [0.717, 1.165) is 42.5 Å². The van der Waals surface area contributed by atoms with Gasteiger partial charge in [-0.3, -0.25) is 0 Å². The van der Waals surface area contributed by atoms with Crippen molar-refractivity contribution in [3.63, 3.8) is 0 Å². The van der Waals surface area contributed by atoms with E-state index in [0.29, 0.717) is 31.0 Å². The van der Waals surface area contributed by atoms with Gasteiger partial charge < -0.3 is 15.2 Å². The van der Waals surface area contributed by atoms with E-state index in [1.54, 1.807) is 11.8 Å². The first-order chi connectivity index (χ1) is 13.0. The summed E-state index contributed by atoms with van der Waals surface area (Å²) in [6.45, 7) is 3.47. The fraction of sp³-hybridized carbons (Fsp3) is 0.500. The molecule has 0 bridgehead atoms. The molecule has 9 heteroatoms. The van der Waals surface area contributed by atoms with Gasteiger partial charge in [0.2, 0.25) is 0 Å². The van der Waals surface area contributed by atoms with Gasteiger partial charge in [-0.2, -0.15) is 11.8 Å². The van der Waals surface area contributed by atoms with Gasteiger partial charge in [-0.05, 0) is 55.5 Å². The third kappa shape index (κ3) is 6.82. The highest BCUT2D eigenvalue weighted by Crippen LogP contribution is 2.09. The van der Waals surface area contributed by atoms with E-state index in [9.17, 15) is 8.78 Å². The smallest absolute Gasteiger partial charge is 0.191 e. The van der Waals surface area contributed by atoms with E-state index in [1.807, 2.05) is 18.5 Å². The number of hydrogen-bond acceptors (Lipinski definition) is 4. The molecule has 27 heavy (non-hydrogen) atoms. The highest BCUT2D eigenvalue weighted by atomic mass is 32.2. The second kappa shape index (κ2) is 10.9. The van der Waals surface area contributed by atoms with Gasteiger partial charge in [-0.15, -0.1) is 10.2 Å². The van der Waals surface area contributed by atoms with E-state index in [-0.39, 0.29) is 0 Å². The lowest BCUT2D eigenvalue weighted by Crippen LogP contribution is -2.39. The number of benzene rings is 1. The third-order valence-electron chi connectivity index (χ3n) is 4.07. The Morgan fingerprint density at radius 2 is 2.00 bits per heavy atom. The second-order valence-corrected chi connectivity index (χ2v) is 7.06. The van der Waals surface area contributed by atoms with Gasteiger partial charge in [-0.1, -0.05) is 0 Å². The molecule has 1 aromatic carbocycles. The lowest BCUT2D eigenvalue weighted by molar-refractivity contribution is 0.583. The van der Waals surface area contributed by atoms with Gasteiger partial charge >= 0.3 is 0 Å². The van der Waals surface area contributed by atoms with E-state index in [2.05, 4.69) is 32.1 Å². The summed E-state index contributed by atoms with van der Waals surface area (Å²) in [5.41, 5.74) is 0.341. The molecular weight excluding hydrogens is 370 g/mol. The molecule has 1 aromatic heterocycles. The van der Waals surface area contributed by atoms with Crippen LogP contribution in [0.25, 0.3) is 0 Å². The normalized spacial score (nSPS) is 11.7. The number of aromatic nitrogens is 3. The number of nitrogens with one attached hydrogen (secondary N) is 2. The number of aliphatic imine (C=N–C) groups is 1. The zero-order valence-corrected chi connectivity index (χ0v) is 16.7. The molecule has 0 amide bonds. The first-order valence-electron chi connectivity index (χ1n) is 8.81. The van der Waals surface area contributed by atoms with Gasteiger partial charge in [0.25, 0.3) is 0 Å². The van der Waals surface area contributed by atoms with Crippen molar-refractivity contribution in [1.29, 1.82) is 0 Å². The van der Waals surface area contributed by atoms with Gasteiger partial charge in [0.1, 0.15) is 24.0 Å². The summed E-state index contributed by atoms with van der Waals surface area (Å²) >= 11 is 1.79. The number of halogens is 2. The van der Waals surface area contributed by atoms with Crippen molar-refractivity contribution in [3.05, 3.63) is 47.0 Å². The van der Waals surface area contributed by atoms with Gasteiger partial charge in [0.15, 0.2) is 11.8 Å². The lowest BCUT2D eigenvalue weighted by Gasteiger charge is -2.13. The molecule has 0 saturated carbocycles. The SMILES string of the molecule is CSCCCNC(=NCc1nnc(C)n1C)NCCc1cc(F)ccc1F. The van der Waals surface area contributed by atoms with Gasteiger partial charge in [-0.25, -0.2) is 13.8 Å². The number of hydrogen-bond donors (Lipinski definition) is 2. The Morgan fingerprint density at radius 3 is 2.70 bits per heavy atom. The van der Waals surface area contributed by atoms with Crippen LogP contribution >= 0.6 is 11.8 Å². The Kier molecular flexibility index (Phi) is 8.50. The van der Waals surface area contributed by atoms with E-state index < -0.39 is 11.6 Å². The Labute approximate surface area is 162 Å². The van der Waals surface area contributed by atoms with E-state index in [1.165, 1.54) is 6.07 Å². The van der Waals surface area contributed by atoms with E-state index in [4.69, 9.17) is 0 Å². The van der Waals surface area contributed by atoms with Crippen molar-refractivity contribution in [3.8, 4) is 0 Å². The number of nitrogens with zero attached hydrogens (tertiary/aromatic N) is 4. The number of thioether (sulfide) groups is 1. The first-order valence-corrected chi connectivity index (χ1v) is 10.2. The summed E-state index contributed by atoms with van der Waals surface area (Å²) in [6.07, 6.45) is 3.43. The molecule has 0 aliphatic heterocycles. The lowest BCUT2D eigenvalue weighted by atomic mass is 10.1. The van der Waals surface area contributed by atoms with Crippen molar-refractivity contribution in [2.75, 3.05) is 25.1 Å². The molecule has 148 valence electrons. The fourth-order valence-corrected chi connectivity index (χ4v) is 2.82. The monoisotopic (exact) mass is 396 g/mol. The minimum absolute atomic E-state index is 0.341. The van der Waals surface area contributed by atoms with Crippen LogP contribution in [0, 0.1) is 18.6 Å². The van der Waals surface area contributed by atoms with E-state index >= 15 is 0 Å². The Balaban J connectivity index is 1.95. The maximum atomic E-state index is 13.7. The minimum atomic E-state index is -0.437. The molecule has 0 radical (unpaired) electrons. The molecule has 2 N–H and O–H groups in total. The summed E-state index contributed by atoms with van der Waals surface area (Å²) in [4.78, 5) is 4.53. The minimum Gasteiger partial charge on any atom is -0.356 e. The Hall–Kier alpha value is -2.16. The maximum absolute atomic E-state index is 13.7. The molecule has 0 saturated heterocycles. The van der Waals surface area contributed by atoms with Crippen molar-refractivity contribution in [2.45, 2.75) is 26.3 Å². The van der Waals surface area contributed by atoms with Crippen LogP contribution in [0.15, 0.2) is 23.2 Å². The van der Waals surface area contributed by atoms with Crippen LogP contribution in [0.3, 0.4) is 0 Å². The van der Waals surface area contributed by atoms with Crippen LogP contribution in [-0.4, -0.2) is 45.8 Å². The number of guanidine groups is 1. The largest absolute Gasteiger partial charge is 0.356 e. The van der Waals surface area contributed by atoms with Gasteiger partial charge in [0, 0.05) is 20.1 Å².